The third-order valence-electron chi connectivity index (χ3n) is 2.00. The molecule has 2 aromatic rings. The van der Waals surface area contributed by atoms with Crippen LogP contribution in [0, 0.1) is 0 Å². The summed E-state index contributed by atoms with van der Waals surface area (Å²) in [5, 5.41) is 4.02. The molecule has 0 saturated heterocycles. The molecule has 0 amide bonds. The summed E-state index contributed by atoms with van der Waals surface area (Å²) in [6.07, 6.45) is 4.96. The Morgan fingerprint density at radius 1 is 1.27 bits per heavy atom. The topological polar surface area (TPSA) is 39.8 Å². The van der Waals surface area contributed by atoms with Crippen LogP contribution in [0.25, 0.3) is 11.9 Å². The van der Waals surface area contributed by atoms with Crippen molar-refractivity contribution in [3.63, 3.8) is 0 Å². The van der Waals surface area contributed by atoms with Gasteiger partial charge in [0.05, 0.1) is 5.69 Å². The van der Waals surface area contributed by atoms with E-state index >= 15 is 0 Å². The highest BCUT2D eigenvalue weighted by Crippen LogP contribution is 2.01. The molecule has 0 radical (unpaired) electrons. The molecule has 1 heterocycles. The van der Waals surface area contributed by atoms with Crippen molar-refractivity contribution >= 4 is 6.20 Å². The zero-order valence-electron chi connectivity index (χ0n) is 8.37. The van der Waals surface area contributed by atoms with Crippen LogP contribution in [0.4, 0.5) is 0 Å². The van der Waals surface area contributed by atoms with Gasteiger partial charge in [0, 0.05) is 6.20 Å². The largest absolute Gasteiger partial charge is 0.354 e. The van der Waals surface area contributed by atoms with Gasteiger partial charge in [-0.25, -0.2) is 4.79 Å². The standard InChI is InChI=1S/C11H11N3O/c1-2-8-13-9-12-14(11(13)15)10-6-4-3-5-7-10/h2-9H,1H3/b8-2+. The van der Waals surface area contributed by atoms with Crippen LogP contribution in [0.2, 0.25) is 0 Å². The van der Waals surface area contributed by atoms with Crippen molar-refractivity contribution in [2.45, 2.75) is 6.92 Å². The molecule has 1 aromatic carbocycles. The number of hydrogen-bond donors (Lipinski definition) is 0. The lowest BCUT2D eigenvalue weighted by Crippen LogP contribution is -2.20. The molecule has 0 aliphatic carbocycles. The van der Waals surface area contributed by atoms with Crippen LogP contribution in [-0.4, -0.2) is 14.3 Å². The molecule has 0 bridgehead atoms. The first-order valence-corrected chi connectivity index (χ1v) is 4.67. The van der Waals surface area contributed by atoms with Gasteiger partial charge in [-0.15, -0.1) is 0 Å². The first-order chi connectivity index (χ1) is 7.33. The Bertz CT molecular complexity index is 522. The highest BCUT2D eigenvalue weighted by atomic mass is 16.2. The average molecular weight is 201 g/mol. The normalized spacial score (nSPS) is 11.0. The van der Waals surface area contributed by atoms with E-state index in [0.717, 1.165) is 5.69 Å². The number of rotatable bonds is 2. The number of allylic oxidation sites excluding steroid dienone is 1. The van der Waals surface area contributed by atoms with Gasteiger partial charge in [0.15, 0.2) is 0 Å². The van der Waals surface area contributed by atoms with Gasteiger partial charge >= 0.3 is 5.69 Å². The average Bonchev–Trinajstić information content (AvgIpc) is 2.63. The molecular weight excluding hydrogens is 190 g/mol. The molecule has 0 aliphatic rings. The number of aromatic nitrogens is 3. The van der Waals surface area contributed by atoms with E-state index in [1.165, 1.54) is 15.6 Å². The van der Waals surface area contributed by atoms with E-state index in [4.69, 9.17) is 0 Å². The van der Waals surface area contributed by atoms with Gasteiger partial charge in [-0.05, 0) is 19.1 Å². The Labute approximate surface area is 87.1 Å². The van der Waals surface area contributed by atoms with Crippen LogP contribution in [-0.2, 0) is 0 Å². The minimum Gasteiger partial charge on any atom is -0.256 e. The first kappa shape index (κ1) is 9.45. The molecule has 4 nitrogen and oxygen atoms in total. The van der Waals surface area contributed by atoms with Crippen LogP contribution in [0.1, 0.15) is 6.92 Å². The molecule has 0 saturated carbocycles. The lowest BCUT2D eigenvalue weighted by molar-refractivity contribution is 0.835. The molecule has 4 heteroatoms. The summed E-state index contributed by atoms with van der Waals surface area (Å²) < 4.78 is 2.80. The highest BCUT2D eigenvalue weighted by molar-refractivity contribution is 5.30. The van der Waals surface area contributed by atoms with Crippen LogP contribution >= 0.6 is 0 Å². The zero-order valence-corrected chi connectivity index (χ0v) is 8.37. The Kier molecular flexibility index (Phi) is 2.49. The Hall–Kier alpha value is -2.10. The summed E-state index contributed by atoms with van der Waals surface area (Å²) in [6, 6.07) is 9.33. The van der Waals surface area contributed by atoms with Crippen molar-refractivity contribution < 1.29 is 0 Å². The van der Waals surface area contributed by atoms with Crippen LogP contribution in [0.3, 0.4) is 0 Å². The molecular formula is C11H11N3O. The predicted octanol–water partition coefficient (Wildman–Crippen LogP) is 1.52. The molecule has 15 heavy (non-hydrogen) atoms. The van der Waals surface area contributed by atoms with Gasteiger partial charge in [0.2, 0.25) is 0 Å². The summed E-state index contributed by atoms with van der Waals surface area (Å²) >= 11 is 0. The van der Waals surface area contributed by atoms with Gasteiger partial charge in [0.25, 0.3) is 0 Å². The fourth-order valence-electron chi connectivity index (χ4n) is 1.32. The van der Waals surface area contributed by atoms with E-state index in [9.17, 15) is 4.79 Å². The molecule has 0 fully saturated rings. The molecule has 0 N–H and O–H groups in total. The number of hydrogen-bond acceptors (Lipinski definition) is 2. The summed E-state index contributed by atoms with van der Waals surface area (Å²) in [5.74, 6) is 0. The van der Waals surface area contributed by atoms with Crippen molar-refractivity contribution in [1.82, 2.24) is 14.3 Å². The first-order valence-electron chi connectivity index (χ1n) is 4.67. The Morgan fingerprint density at radius 2 is 2.00 bits per heavy atom. The summed E-state index contributed by atoms with van der Waals surface area (Å²) in [4.78, 5) is 11.8. The summed E-state index contributed by atoms with van der Waals surface area (Å²) in [5.41, 5.74) is 0.602. The van der Waals surface area contributed by atoms with Gasteiger partial charge < -0.3 is 0 Å². The van der Waals surface area contributed by atoms with Crippen molar-refractivity contribution in [3.05, 3.63) is 53.2 Å². The van der Waals surface area contributed by atoms with Gasteiger partial charge in [0.1, 0.15) is 6.33 Å². The van der Waals surface area contributed by atoms with E-state index < -0.39 is 0 Å². The van der Waals surface area contributed by atoms with Crippen molar-refractivity contribution in [1.29, 1.82) is 0 Å². The number of benzene rings is 1. The maximum atomic E-state index is 11.8. The molecule has 76 valence electrons. The van der Waals surface area contributed by atoms with Crippen LogP contribution in [0.15, 0.2) is 47.5 Å². The van der Waals surface area contributed by atoms with Gasteiger partial charge in [-0.3, -0.25) is 4.57 Å². The summed E-state index contributed by atoms with van der Waals surface area (Å²) in [7, 11) is 0. The highest BCUT2D eigenvalue weighted by Gasteiger charge is 2.03. The quantitative estimate of drug-likeness (QED) is 0.739. The fourth-order valence-corrected chi connectivity index (χ4v) is 1.32. The molecule has 0 aliphatic heterocycles. The number of nitrogens with zero attached hydrogens (tertiary/aromatic N) is 3. The van der Waals surface area contributed by atoms with Crippen molar-refractivity contribution in [2.24, 2.45) is 0 Å². The van der Waals surface area contributed by atoms with Gasteiger partial charge in [-0.2, -0.15) is 9.78 Å². The monoisotopic (exact) mass is 201 g/mol. The Morgan fingerprint density at radius 3 is 2.67 bits per heavy atom. The van der Waals surface area contributed by atoms with E-state index in [0.29, 0.717) is 0 Å². The van der Waals surface area contributed by atoms with Crippen LogP contribution < -0.4 is 5.69 Å². The molecule has 1 aromatic heterocycles. The van der Waals surface area contributed by atoms with E-state index in [-0.39, 0.29) is 5.69 Å². The fraction of sp³-hybridized carbons (Fsp3) is 0.0909. The van der Waals surface area contributed by atoms with Crippen LogP contribution in [0.5, 0.6) is 0 Å². The second kappa shape index (κ2) is 3.96. The molecule has 0 unspecified atom stereocenters. The molecule has 0 spiro atoms. The minimum absolute atomic E-state index is 0.167. The smallest absolute Gasteiger partial charge is 0.256 e. The van der Waals surface area contributed by atoms with E-state index in [1.807, 2.05) is 37.3 Å². The lowest BCUT2D eigenvalue weighted by Gasteiger charge is -1.96. The molecule has 0 atom stereocenters. The molecule has 2 rings (SSSR count). The minimum atomic E-state index is -0.167. The lowest BCUT2D eigenvalue weighted by atomic mass is 10.3. The third kappa shape index (κ3) is 1.74. The maximum Gasteiger partial charge on any atom is 0.354 e. The second-order valence-corrected chi connectivity index (χ2v) is 3.05. The van der Waals surface area contributed by atoms with E-state index in [1.54, 1.807) is 12.3 Å². The second-order valence-electron chi connectivity index (χ2n) is 3.05. The predicted molar refractivity (Wildman–Crippen MR) is 58.8 cm³/mol. The maximum absolute atomic E-state index is 11.8. The van der Waals surface area contributed by atoms with Crippen molar-refractivity contribution in [3.8, 4) is 5.69 Å². The number of para-hydroxylation sites is 1. The van der Waals surface area contributed by atoms with E-state index in [2.05, 4.69) is 5.10 Å². The summed E-state index contributed by atoms with van der Waals surface area (Å²) in [6.45, 7) is 1.85. The third-order valence-corrected chi connectivity index (χ3v) is 2.00. The SMILES string of the molecule is C/C=C/n1cnn(-c2ccccc2)c1=O. The Balaban J connectivity index is 2.52. The zero-order chi connectivity index (χ0) is 10.7. The van der Waals surface area contributed by atoms with Gasteiger partial charge in [-0.1, -0.05) is 24.3 Å². The van der Waals surface area contributed by atoms with Crippen molar-refractivity contribution in [2.75, 3.05) is 0 Å².